The molecule has 0 radical (unpaired) electrons. The quantitative estimate of drug-likeness (QED) is 0.887. The van der Waals surface area contributed by atoms with E-state index in [4.69, 9.17) is 5.73 Å². The summed E-state index contributed by atoms with van der Waals surface area (Å²) in [7, 11) is 0. The van der Waals surface area contributed by atoms with Gasteiger partial charge in [0.1, 0.15) is 17.5 Å². The van der Waals surface area contributed by atoms with Gasteiger partial charge in [0.05, 0.1) is 5.56 Å². The first kappa shape index (κ1) is 13.9. The maximum atomic E-state index is 13.7. The second kappa shape index (κ2) is 5.36. The number of piperidine rings is 1. The first-order valence-corrected chi connectivity index (χ1v) is 6.62. The summed E-state index contributed by atoms with van der Waals surface area (Å²) in [5.74, 6) is -2.76. The van der Waals surface area contributed by atoms with E-state index < -0.39 is 23.0 Å². The van der Waals surface area contributed by atoms with Crippen LogP contribution in [0.3, 0.4) is 0 Å². The highest BCUT2D eigenvalue weighted by Crippen LogP contribution is 2.26. The van der Waals surface area contributed by atoms with Gasteiger partial charge in [-0.05, 0) is 12.8 Å². The molecule has 5 nitrogen and oxygen atoms in total. The molecule has 1 aliphatic rings. The minimum absolute atomic E-state index is 0.0278. The molecule has 3 N–H and O–H groups in total. The fourth-order valence-electron chi connectivity index (χ4n) is 2.47. The average molecular weight is 297 g/mol. The van der Waals surface area contributed by atoms with E-state index >= 15 is 0 Å². The number of H-pyrrole nitrogens is 1. The summed E-state index contributed by atoms with van der Waals surface area (Å²) >= 11 is 0. The molecule has 112 valence electrons. The molecule has 2 heterocycles. The lowest BCUT2D eigenvalue weighted by molar-refractivity contribution is 0.500. The fourth-order valence-corrected chi connectivity index (χ4v) is 2.47. The lowest BCUT2D eigenvalue weighted by Gasteiger charge is -2.29. The minimum Gasteiger partial charge on any atom is -0.338 e. The molecular weight excluding hydrogens is 283 g/mol. The number of benzene rings is 1. The van der Waals surface area contributed by atoms with E-state index in [1.54, 1.807) is 0 Å². The van der Waals surface area contributed by atoms with Gasteiger partial charge >= 0.3 is 0 Å². The molecule has 21 heavy (non-hydrogen) atoms. The molecule has 2 aromatic rings. The Morgan fingerprint density at radius 1 is 1.24 bits per heavy atom. The van der Waals surface area contributed by atoms with Crippen LogP contribution in [0.15, 0.2) is 12.1 Å². The molecular formula is C13H14F3N5. The van der Waals surface area contributed by atoms with Crippen LogP contribution >= 0.6 is 0 Å². The third kappa shape index (κ3) is 2.71. The number of nitrogens with zero attached hydrogens (tertiary/aromatic N) is 3. The number of hydrogen-bond donors (Lipinski definition) is 2. The van der Waals surface area contributed by atoms with Crippen molar-refractivity contribution in [3.63, 3.8) is 0 Å². The summed E-state index contributed by atoms with van der Waals surface area (Å²) in [5, 5.41) is 6.45. The molecule has 1 unspecified atom stereocenters. The molecule has 8 heteroatoms. The first-order valence-electron chi connectivity index (χ1n) is 6.62. The van der Waals surface area contributed by atoms with E-state index in [2.05, 4.69) is 15.2 Å². The third-order valence-corrected chi connectivity index (χ3v) is 3.46. The first-order chi connectivity index (χ1) is 10.0. The summed E-state index contributed by atoms with van der Waals surface area (Å²) in [4.78, 5) is 5.95. The van der Waals surface area contributed by atoms with Crippen molar-refractivity contribution in [3.05, 3.63) is 29.6 Å². The summed E-state index contributed by atoms with van der Waals surface area (Å²) in [6.45, 7) is 1.32. The summed E-state index contributed by atoms with van der Waals surface area (Å²) < 4.78 is 40.3. The van der Waals surface area contributed by atoms with Crippen LogP contribution < -0.4 is 10.6 Å². The summed E-state index contributed by atoms with van der Waals surface area (Å²) in [6, 6.07) is 1.24. The van der Waals surface area contributed by atoms with Crippen molar-refractivity contribution in [2.24, 2.45) is 5.73 Å². The Bertz CT molecular complexity index is 634. The number of nitrogens with two attached hydrogens (primary N) is 1. The van der Waals surface area contributed by atoms with Crippen molar-refractivity contribution >= 4 is 5.95 Å². The average Bonchev–Trinajstić information content (AvgIpc) is 2.87. The van der Waals surface area contributed by atoms with Gasteiger partial charge < -0.3 is 10.6 Å². The van der Waals surface area contributed by atoms with Gasteiger partial charge in [-0.15, -0.1) is 5.10 Å². The number of rotatable bonds is 2. The van der Waals surface area contributed by atoms with Crippen molar-refractivity contribution in [2.45, 2.75) is 18.9 Å². The molecule has 0 aliphatic carbocycles. The molecule has 1 atom stereocenters. The molecule has 1 saturated heterocycles. The van der Waals surface area contributed by atoms with E-state index in [1.807, 2.05) is 4.90 Å². The lowest BCUT2D eigenvalue weighted by Crippen LogP contribution is -2.43. The highest BCUT2D eigenvalue weighted by atomic mass is 19.1. The molecule has 0 amide bonds. The van der Waals surface area contributed by atoms with Gasteiger partial charge in [0.25, 0.3) is 0 Å². The molecule has 1 fully saturated rings. The molecule has 1 aromatic heterocycles. The Balaban J connectivity index is 1.92. The Hall–Kier alpha value is -2.09. The zero-order valence-corrected chi connectivity index (χ0v) is 11.1. The fraction of sp³-hybridized carbons (Fsp3) is 0.385. The Morgan fingerprint density at radius 3 is 2.62 bits per heavy atom. The van der Waals surface area contributed by atoms with Crippen LogP contribution in [0.2, 0.25) is 0 Å². The van der Waals surface area contributed by atoms with Crippen LogP contribution in [0.5, 0.6) is 0 Å². The van der Waals surface area contributed by atoms with E-state index in [1.165, 1.54) is 0 Å². The van der Waals surface area contributed by atoms with Gasteiger partial charge in [0.15, 0.2) is 5.82 Å². The largest absolute Gasteiger partial charge is 0.338 e. The molecule has 3 rings (SSSR count). The predicted molar refractivity (Wildman–Crippen MR) is 71.1 cm³/mol. The van der Waals surface area contributed by atoms with Gasteiger partial charge in [0, 0.05) is 31.3 Å². The van der Waals surface area contributed by atoms with Crippen molar-refractivity contribution in [1.82, 2.24) is 15.2 Å². The van der Waals surface area contributed by atoms with Crippen LogP contribution in [0.25, 0.3) is 11.4 Å². The molecule has 0 bridgehead atoms. The number of aromatic amines is 1. The van der Waals surface area contributed by atoms with Gasteiger partial charge in [-0.2, -0.15) is 4.98 Å². The van der Waals surface area contributed by atoms with E-state index in [0.717, 1.165) is 19.4 Å². The van der Waals surface area contributed by atoms with Crippen LogP contribution in [-0.4, -0.2) is 34.3 Å². The molecule has 0 saturated carbocycles. The summed E-state index contributed by atoms with van der Waals surface area (Å²) in [6.07, 6.45) is 1.83. The van der Waals surface area contributed by atoms with Crippen molar-refractivity contribution in [2.75, 3.05) is 18.0 Å². The van der Waals surface area contributed by atoms with E-state index in [9.17, 15) is 13.2 Å². The topological polar surface area (TPSA) is 70.8 Å². The Kier molecular flexibility index (Phi) is 3.54. The van der Waals surface area contributed by atoms with Gasteiger partial charge in [0.2, 0.25) is 5.95 Å². The zero-order valence-electron chi connectivity index (χ0n) is 11.1. The second-order valence-electron chi connectivity index (χ2n) is 5.08. The van der Waals surface area contributed by atoms with E-state index in [-0.39, 0.29) is 11.9 Å². The summed E-state index contributed by atoms with van der Waals surface area (Å²) in [5.41, 5.74) is 5.46. The number of nitrogens with one attached hydrogen (secondary N) is 1. The lowest BCUT2D eigenvalue weighted by atomic mass is 10.1. The van der Waals surface area contributed by atoms with Crippen LogP contribution in [0, 0.1) is 17.5 Å². The van der Waals surface area contributed by atoms with Gasteiger partial charge in [-0.3, -0.25) is 5.10 Å². The number of hydrogen-bond acceptors (Lipinski definition) is 4. The standard InChI is InChI=1S/C13H14F3N5/c14-7-4-9(15)11(10(16)5-7)12-18-13(20-19-12)21-3-1-2-8(17)6-21/h4-5,8H,1-3,6,17H2,(H,18,19,20). The smallest absolute Gasteiger partial charge is 0.245 e. The van der Waals surface area contributed by atoms with Crippen molar-refractivity contribution < 1.29 is 13.2 Å². The van der Waals surface area contributed by atoms with Gasteiger partial charge in [-0.1, -0.05) is 0 Å². The maximum absolute atomic E-state index is 13.7. The van der Waals surface area contributed by atoms with E-state index in [0.29, 0.717) is 24.6 Å². The predicted octanol–water partition coefficient (Wildman–Crippen LogP) is 1.82. The highest BCUT2D eigenvalue weighted by molar-refractivity contribution is 5.58. The van der Waals surface area contributed by atoms with Gasteiger partial charge in [-0.25, -0.2) is 13.2 Å². The second-order valence-corrected chi connectivity index (χ2v) is 5.08. The van der Waals surface area contributed by atoms with Crippen LogP contribution in [0.4, 0.5) is 19.1 Å². The monoisotopic (exact) mass is 297 g/mol. The molecule has 1 aliphatic heterocycles. The maximum Gasteiger partial charge on any atom is 0.245 e. The SMILES string of the molecule is NC1CCCN(c2n[nH]c(-c3c(F)cc(F)cc3F)n2)C1. The minimum atomic E-state index is -1.02. The molecule has 0 spiro atoms. The number of aromatic nitrogens is 3. The molecule has 1 aromatic carbocycles. The Labute approximate surface area is 119 Å². The van der Waals surface area contributed by atoms with Crippen LogP contribution in [-0.2, 0) is 0 Å². The highest BCUT2D eigenvalue weighted by Gasteiger charge is 2.22. The Morgan fingerprint density at radius 2 is 1.95 bits per heavy atom. The van der Waals surface area contributed by atoms with Crippen molar-refractivity contribution in [3.8, 4) is 11.4 Å². The third-order valence-electron chi connectivity index (χ3n) is 3.46. The normalized spacial score (nSPS) is 19.0. The zero-order chi connectivity index (χ0) is 15.0. The number of halogens is 3. The van der Waals surface area contributed by atoms with Crippen LogP contribution in [0.1, 0.15) is 12.8 Å². The number of anilines is 1. The van der Waals surface area contributed by atoms with Crippen molar-refractivity contribution in [1.29, 1.82) is 0 Å².